The average Bonchev–Trinajstić information content (AvgIpc) is 2.34. The van der Waals surface area contributed by atoms with Crippen molar-refractivity contribution in [1.29, 1.82) is 0 Å². The number of sulfonamides is 1. The van der Waals surface area contributed by atoms with Gasteiger partial charge in [-0.2, -0.15) is 4.31 Å². The maximum absolute atomic E-state index is 12.5. The minimum absolute atomic E-state index is 0.163. The zero-order valence-electron chi connectivity index (χ0n) is 12.0. The fraction of sp³-hybridized carbons (Fsp3) is 0.600. The van der Waals surface area contributed by atoms with Crippen molar-refractivity contribution < 1.29 is 13.2 Å². The number of hydrogen-bond acceptors (Lipinski definition) is 3. The lowest BCUT2D eigenvalue weighted by Crippen LogP contribution is -2.69. The maximum atomic E-state index is 12.5. The summed E-state index contributed by atoms with van der Waals surface area (Å²) in [6, 6.07) is 7.31. The van der Waals surface area contributed by atoms with Gasteiger partial charge in [0.1, 0.15) is 0 Å². The molecule has 0 radical (unpaired) electrons. The van der Waals surface area contributed by atoms with E-state index in [0.29, 0.717) is 23.9 Å². The molecule has 1 atom stereocenters. The highest BCUT2D eigenvalue weighted by atomic mass is 32.2. The first-order chi connectivity index (χ1) is 9.47. The Morgan fingerprint density at radius 1 is 1.30 bits per heavy atom. The molecule has 0 saturated carbocycles. The summed E-state index contributed by atoms with van der Waals surface area (Å²) < 4.78 is 31.9. The maximum Gasteiger partial charge on any atom is 0.243 e. The molecule has 20 heavy (non-hydrogen) atoms. The number of nitrogens with zero attached hydrogens (tertiary/aromatic N) is 1. The fourth-order valence-corrected chi connectivity index (χ4v) is 4.35. The Bertz CT molecular complexity index is 582. The van der Waals surface area contributed by atoms with E-state index in [1.54, 1.807) is 12.1 Å². The summed E-state index contributed by atoms with van der Waals surface area (Å²) in [6.45, 7) is 6.05. The molecule has 0 amide bonds. The first-order valence-corrected chi connectivity index (χ1v) is 8.65. The van der Waals surface area contributed by atoms with E-state index in [2.05, 4.69) is 13.8 Å². The summed E-state index contributed by atoms with van der Waals surface area (Å²) in [5.41, 5.74) is 1.03. The summed E-state index contributed by atoms with van der Waals surface area (Å²) in [4.78, 5) is 0.388. The third-order valence-electron chi connectivity index (χ3n) is 4.59. The second-order valence-electron chi connectivity index (χ2n) is 5.93. The molecule has 2 fully saturated rings. The smallest absolute Gasteiger partial charge is 0.243 e. The summed E-state index contributed by atoms with van der Waals surface area (Å²) in [6.07, 6.45) is 2.03. The molecule has 4 nitrogen and oxygen atoms in total. The van der Waals surface area contributed by atoms with Crippen molar-refractivity contribution >= 4 is 10.0 Å². The van der Waals surface area contributed by atoms with Gasteiger partial charge in [0.05, 0.1) is 17.1 Å². The number of ether oxygens (including phenoxy) is 1. The molecule has 2 saturated heterocycles. The van der Waals surface area contributed by atoms with Gasteiger partial charge in [-0.05, 0) is 30.0 Å². The molecule has 0 bridgehead atoms. The Morgan fingerprint density at radius 3 is 2.35 bits per heavy atom. The average molecular weight is 295 g/mol. The van der Waals surface area contributed by atoms with Gasteiger partial charge in [0, 0.05) is 19.5 Å². The molecule has 1 spiro atoms. The molecule has 5 heteroatoms. The molecule has 110 valence electrons. The third kappa shape index (κ3) is 2.18. The monoisotopic (exact) mass is 295 g/mol. The van der Waals surface area contributed by atoms with Crippen LogP contribution >= 0.6 is 0 Å². The molecular weight excluding hydrogens is 274 g/mol. The zero-order chi connectivity index (χ0) is 14.4. The van der Waals surface area contributed by atoms with Crippen LogP contribution < -0.4 is 0 Å². The van der Waals surface area contributed by atoms with Crippen molar-refractivity contribution in [3.05, 3.63) is 29.8 Å². The van der Waals surface area contributed by atoms with E-state index in [1.807, 2.05) is 12.1 Å². The summed E-state index contributed by atoms with van der Waals surface area (Å²) in [7, 11) is -3.35. The van der Waals surface area contributed by atoms with E-state index in [4.69, 9.17) is 4.74 Å². The molecular formula is C15H21NO3S. The lowest BCUT2D eigenvalue weighted by Gasteiger charge is -2.54. The van der Waals surface area contributed by atoms with Gasteiger partial charge in [0.15, 0.2) is 0 Å². The quantitative estimate of drug-likeness (QED) is 0.856. The van der Waals surface area contributed by atoms with Gasteiger partial charge in [-0.1, -0.05) is 26.0 Å². The third-order valence-corrected chi connectivity index (χ3v) is 6.40. The normalized spacial score (nSPS) is 23.1. The van der Waals surface area contributed by atoms with E-state index >= 15 is 0 Å². The molecule has 3 rings (SSSR count). The van der Waals surface area contributed by atoms with Crippen LogP contribution in [-0.2, 0) is 14.8 Å². The van der Waals surface area contributed by atoms with Crippen LogP contribution in [0.5, 0.6) is 0 Å². The number of hydrogen-bond donors (Lipinski definition) is 0. The predicted molar refractivity (Wildman–Crippen MR) is 77.2 cm³/mol. The highest BCUT2D eigenvalue weighted by molar-refractivity contribution is 7.89. The van der Waals surface area contributed by atoms with Gasteiger partial charge in [-0.15, -0.1) is 0 Å². The van der Waals surface area contributed by atoms with Crippen molar-refractivity contribution in [1.82, 2.24) is 4.31 Å². The first kappa shape index (κ1) is 14.0. The van der Waals surface area contributed by atoms with Gasteiger partial charge in [-0.25, -0.2) is 8.42 Å². The van der Waals surface area contributed by atoms with E-state index < -0.39 is 10.0 Å². The lowest BCUT2D eigenvalue weighted by atomic mass is 9.89. The van der Waals surface area contributed by atoms with Crippen molar-refractivity contribution in [2.75, 3.05) is 19.7 Å². The van der Waals surface area contributed by atoms with Crippen LogP contribution in [0.2, 0.25) is 0 Å². The Labute approximate surface area is 120 Å². The van der Waals surface area contributed by atoms with Crippen LogP contribution in [0.15, 0.2) is 29.2 Å². The van der Waals surface area contributed by atoms with Crippen LogP contribution in [0.3, 0.4) is 0 Å². The molecule has 2 aliphatic heterocycles. The van der Waals surface area contributed by atoms with Gasteiger partial charge in [0.25, 0.3) is 0 Å². The summed E-state index contributed by atoms with van der Waals surface area (Å²) >= 11 is 0. The van der Waals surface area contributed by atoms with E-state index in [1.165, 1.54) is 9.87 Å². The van der Waals surface area contributed by atoms with Crippen LogP contribution in [0.1, 0.15) is 38.2 Å². The van der Waals surface area contributed by atoms with Crippen molar-refractivity contribution in [3.63, 3.8) is 0 Å². The summed E-state index contributed by atoms with van der Waals surface area (Å²) in [5, 5.41) is 0. The van der Waals surface area contributed by atoms with Gasteiger partial charge in [0.2, 0.25) is 10.0 Å². The minimum atomic E-state index is -3.35. The van der Waals surface area contributed by atoms with E-state index in [-0.39, 0.29) is 5.60 Å². The zero-order valence-corrected chi connectivity index (χ0v) is 12.8. The van der Waals surface area contributed by atoms with Crippen molar-refractivity contribution in [2.45, 2.75) is 43.1 Å². The molecule has 1 aromatic carbocycles. The van der Waals surface area contributed by atoms with Gasteiger partial charge < -0.3 is 4.74 Å². The Hall–Kier alpha value is -0.910. The number of benzene rings is 1. The Morgan fingerprint density at radius 2 is 1.90 bits per heavy atom. The largest absolute Gasteiger partial charge is 0.372 e. The lowest BCUT2D eigenvalue weighted by molar-refractivity contribution is -0.200. The molecule has 1 unspecified atom stereocenters. The van der Waals surface area contributed by atoms with E-state index in [0.717, 1.165) is 19.4 Å². The standard InChI is InChI=1S/C15H21NO3S/c1-3-12(2)13-4-6-14(7-5-13)20(17,18)16-10-15(11-16)8-9-19-15/h4-7,12H,3,8-11H2,1-2H3. The molecule has 2 aliphatic rings. The van der Waals surface area contributed by atoms with E-state index in [9.17, 15) is 8.42 Å². The number of rotatable bonds is 4. The van der Waals surface area contributed by atoms with Crippen molar-refractivity contribution in [3.8, 4) is 0 Å². The topological polar surface area (TPSA) is 46.6 Å². The Balaban J connectivity index is 1.75. The highest BCUT2D eigenvalue weighted by Crippen LogP contribution is 2.39. The minimum Gasteiger partial charge on any atom is -0.372 e. The van der Waals surface area contributed by atoms with Crippen LogP contribution in [0.4, 0.5) is 0 Å². The fourth-order valence-electron chi connectivity index (χ4n) is 2.76. The van der Waals surface area contributed by atoms with Crippen LogP contribution in [-0.4, -0.2) is 38.0 Å². The molecule has 0 aromatic heterocycles. The predicted octanol–water partition coefficient (Wildman–Crippen LogP) is 2.36. The second-order valence-corrected chi connectivity index (χ2v) is 7.87. The van der Waals surface area contributed by atoms with Crippen LogP contribution in [0, 0.1) is 0 Å². The molecule has 2 heterocycles. The SMILES string of the molecule is CCC(C)c1ccc(S(=O)(=O)N2CC3(CCO3)C2)cc1. The molecule has 0 N–H and O–H groups in total. The second kappa shape index (κ2) is 4.83. The van der Waals surface area contributed by atoms with Gasteiger partial charge in [-0.3, -0.25) is 0 Å². The first-order valence-electron chi connectivity index (χ1n) is 7.21. The highest BCUT2D eigenvalue weighted by Gasteiger charge is 2.53. The molecule has 0 aliphatic carbocycles. The summed E-state index contributed by atoms with van der Waals surface area (Å²) in [5.74, 6) is 0.461. The van der Waals surface area contributed by atoms with Gasteiger partial charge >= 0.3 is 0 Å². The Kier molecular flexibility index (Phi) is 3.39. The van der Waals surface area contributed by atoms with Crippen molar-refractivity contribution in [2.24, 2.45) is 0 Å². The van der Waals surface area contributed by atoms with Crippen LogP contribution in [0.25, 0.3) is 0 Å². The molecule has 1 aromatic rings.